The lowest BCUT2D eigenvalue weighted by molar-refractivity contribution is -0.138. The minimum Gasteiger partial charge on any atom is -0.166 e. The van der Waals surface area contributed by atoms with E-state index in [-0.39, 0.29) is 17.0 Å². The first-order valence-electron chi connectivity index (χ1n) is 4.10. The van der Waals surface area contributed by atoms with Crippen molar-refractivity contribution in [3.05, 3.63) is 34.4 Å². The topological polar surface area (TPSA) is 0 Å². The Balaban J connectivity index is 3.46. The molecule has 0 aromatic heterocycles. The average Bonchev–Trinajstić information content (AvgIpc) is 2.06. The van der Waals surface area contributed by atoms with Gasteiger partial charge in [0, 0.05) is 5.88 Å². The maximum atomic E-state index is 12.6. The van der Waals surface area contributed by atoms with Gasteiger partial charge in [0.2, 0.25) is 0 Å². The minimum absolute atomic E-state index is 0.109. The summed E-state index contributed by atoms with van der Waals surface area (Å²) < 4.78 is 37.9. The van der Waals surface area contributed by atoms with Crippen molar-refractivity contribution in [3.8, 4) is 0 Å². The Morgan fingerprint density at radius 2 is 1.64 bits per heavy atom. The molecule has 1 rings (SSSR count). The fraction of sp³-hybridized carbons (Fsp3) is 0.400. The molecule has 0 saturated heterocycles. The van der Waals surface area contributed by atoms with E-state index in [0.29, 0.717) is 5.56 Å². The van der Waals surface area contributed by atoms with E-state index in [1.54, 1.807) is 13.0 Å². The summed E-state index contributed by atoms with van der Waals surface area (Å²) in [6, 6.07) is 3.12. The zero-order valence-electron chi connectivity index (χ0n) is 7.87. The van der Waals surface area contributed by atoms with Crippen LogP contribution < -0.4 is 0 Å². The van der Waals surface area contributed by atoms with Crippen LogP contribution in [0.1, 0.15) is 22.3 Å². The van der Waals surface area contributed by atoms with Crippen LogP contribution in [0, 0.1) is 13.8 Å². The molecule has 0 atom stereocenters. The second-order valence-electron chi connectivity index (χ2n) is 3.18. The Morgan fingerprint density at radius 3 is 2.00 bits per heavy atom. The largest absolute Gasteiger partial charge is 0.416 e. The maximum Gasteiger partial charge on any atom is 0.416 e. The summed E-state index contributed by atoms with van der Waals surface area (Å²) in [4.78, 5) is 0. The van der Waals surface area contributed by atoms with Gasteiger partial charge >= 0.3 is 6.18 Å². The van der Waals surface area contributed by atoms with Crippen LogP contribution in [0.3, 0.4) is 0 Å². The summed E-state index contributed by atoms with van der Waals surface area (Å²) >= 11 is 5.52. The highest BCUT2D eigenvalue weighted by Gasteiger charge is 2.35. The Bertz CT molecular complexity index is 342. The monoisotopic (exact) mass is 222 g/mol. The molecule has 0 radical (unpaired) electrons. The molecule has 0 bridgehead atoms. The first kappa shape index (κ1) is 11.4. The highest BCUT2D eigenvalue weighted by atomic mass is 35.5. The quantitative estimate of drug-likeness (QED) is 0.629. The molecule has 0 spiro atoms. The minimum atomic E-state index is -4.32. The van der Waals surface area contributed by atoms with E-state index in [9.17, 15) is 13.2 Å². The third kappa shape index (κ3) is 2.03. The zero-order valence-corrected chi connectivity index (χ0v) is 8.63. The van der Waals surface area contributed by atoms with Gasteiger partial charge in [-0.1, -0.05) is 12.1 Å². The second-order valence-corrected chi connectivity index (χ2v) is 3.45. The molecule has 78 valence electrons. The number of halogens is 4. The molecule has 0 unspecified atom stereocenters. The summed E-state index contributed by atoms with van der Waals surface area (Å²) in [5.41, 5.74) is 0.392. The number of hydrogen-bond acceptors (Lipinski definition) is 0. The fourth-order valence-electron chi connectivity index (χ4n) is 1.44. The molecule has 0 aliphatic carbocycles. The summed E-state index contributed by atoms with van der Waals surface area (Å²) in [7, 11) is 0. The van der Waals surface area contributed by atoms with Gasteiger partial charge in [0.05, 0.1) is 5.56 Å². The molecule has 0 nitrogen and oxygen atoms in total. The van der Waals surface area contributed by atoms with Crippen LogP contribution >= 0.6 is 11.6 Å². The molecular formula is C10H10ClF3. The average molecular weight is 223 g/mol. The first-order valence-corrected chi connectivity index (χ1v) is 4.63. The summed E-state index contributed by atoms with van der Waals surface area (Å²) in [6.07, 6.45) is -4.32. The van der Waals surface area contributed by atoms with Gasteiger partial charge in [-0.05, 0) is 30.5 Å². The van der Waals surface area contributed by atoms with Crippen molar-refractivity contribution in [2.75, 3.05) is 0 Å². The molecule has 0 heterocycles. The van der Waals surface area contributed by atoms with E-state index in [1.807, 2.05) is 0 Å². The van der Waals surface area contributed by atoms with Gasteiger partial charge in [-0.25, -0.2) is 0 Å². The molecule has 0 aliphatic rings. The van der Waals surface area contributed by atoms with Gasteiger partial charge in [-0.15, -0.1) is 11.6 Å². The third-order valence-electron chi connectivity index (χ3n) is 2.17. The smallest absolute Gasteiger partial charge is 0.166 e. The lowest BCUT2D eigenvalue weighted by atomic mass is 9.98. The van der Waals surface area contributed by atoms with Crippen molar-refractivity contribution in [2.24, 2.45) is 0 Å². The maximum absolute atomic E-state index is 12.6. The van der Waals surface area contributed by atoms with E-state index in [4.69, 9.17) is 11.6 Å². The van der Waals surface area contributed by atoms with E-state index in [2.05, 4.69) is 0 Å². The van der Waals surface area contributed by atoms with Crippen molar-refractivity contribution < 1.29 is 13.2 Å². The molecule has 14 heavy (non-hydrogen) atoms. The van der Waals surface area contributed by atoms with Gasteiger partial charge in [0.25, 0.3) is 0 Å². The highest BCUT2D eigenvalue weighted by Crippen LogP contribution is 2.36. The SMILES string of the molecule is Cc1ccc(C)c(C(F)(F)F)c1CCl. The van der Waals surface area contributed by atoms with Gasteiger partial charge in [0.15, 0.2) is 0 Å². The molecule has 1 aromatic rings. The van der Waals surface area contributed by atoms with Crippen molar-refractivity contribution in [3.63, 3.8) is 0 Å². The Labute approximate surface area is 85.7 Å². The first-order chi connectivity index (χ1) is 6.38. The van der Waals surface area contributed by atoms with Crippen LogP contribution in [0.4, 0.5) is 13.2 Å². The lowest BCUT2D eigenvalue weighted by Gasteiger charge is -2.16. The fourth-order valence-corrected chi connectivity index (χ4v) is 1.78. The van der Waals surface area contributed by atoms with Crippen LogP contribution in [0.2, 0.25) is 0 Å². The molecule has 0 fully saturated rings. The zero-order chi connectivity index (χ0) is 10.9. The predicted molar refractivity (Wildman–Crippen MR) is 50.5 cm³/mol. The lowest BCUT2D eigenvalue weighted by Crippen LogP contribution is -2.12. The van der Waals surface area contributed by atoms with E-state index in [0.717, 1.165) is 0 Å². The molecule has 4 heteroatoms. The van der Waals surface area contributed by atoms with Crippen LogP contribution in [0.15, 0.2) is 12.1 Å². The summed E-state index contributed by atoms with van der Waals surface area (Å²) in [6.45, 7) is 3.07. The number of hydrogen-bond donors (Lipinski definition) is 0. The number of rotatable bonds is 1. The molecular weight excluding hydrogens is 213 g/mol. The molecule has 0 amide bonds. The molecule has 1 aromatic carbocycles. The van der Waals surface area contributed by atoms with Crippen molar-refractivity contribution in [1.82, 2.24) is 0 Å². The normalized spacial score (nSPS) is 11.9. The summed E-state index contributed by atoms with van der Waals surface area (Å²) in [5.74, 6) is -0.109. The third-order valence-corrected chi connectivity index (χ3v) is 2.44. The van der Waals surface area contributed by atoms with Gasteiger partial charge < -0.3 is 0 Å². The van der Waals surface area contributed by atoms with Gasteiger partial charge in [-0.3, -0.25) is 0 Å². The van der Waals surface area contributed by atoms with Crippen LogP contribution in [0.5, 0.6) is 0 Å². The second kappa shape index (κ2) is 3.81. The Hall–Kier alpha value is -0.700. The Kier molecular flexibility index (Phi) is 3.10. The van der Waals surface area contributed by atoms with Crippen LogP contribution in [0.25, 0.3) is 0 Å². The molecule has 0 N–H and O–H groups in total. The van der Waals surface area contributed by atoms with Crippen molar-refractivity contribution >= 4 is 11.6 Å². The molecule has 0 saturated carbocycles. The number of benzene rings is 1. The standard InChI is InChI=1S/C10H10ClF3/c1-6-3-4-7(2)9(8(6)5-11)10(12,13)14/h3-4H,5H2,1-2H3. The van der Waals surface area contributed by atoms with Crippen LogP contribution in [-0.2, 0) is 12.1 Å². The van der Waals surface area contributed by atoms with Gasteiger partial charge in [0.1, 0.15) is 0 Å². The highest BCUT2D eigenvalue weighted by molar-refractivity contribution is 6.17. The number of aryl methyl sites for hydroxylation is 2. The van der Waals surface area contributed by atoms with Crippen molar-refractivity contribution in [1.29, 1.82) is 0 Å². The van der Waals surface area contributed by atoms with Crippen LogP contribution in [-0.4, -0.2) is 0 Å². The van der Waals surface area contributed by atoms with Crippen molar-refractivity contribution in [2.45, 2.75) is 25.9 Å². The van der Waals surface area contributed by atoms with E-state index < -0.39 is 11.7 Å². The van der Waals surface area contributed by atoms with Gasteiger partial charge in [-0.2, -0.15) is 13.2 Å². The number of alkyl halides is 4. The van der Waals surface area contributed by atoms with E-state index >= 15 is 0 Å². The Morgan fingerprint density at radius 1 is 1.14 bits per heavy atom. The summed E-state index contributed by atoms with van der Waals surface area (Å²) in [5, 5.41) is 0. The molecule has 0 aliphatic heterocycles. The predicted octanol–water partition coefficient (Wildman–Crippen LogP) is 4.06. The van der Waals surface area contributed by atoms with E-state index in [1.165, 1.54) is 13.0 Å².